The summed E-state index contributed by atoms with van der Waals surface area (Å²) in [5, 5.41) is 31.0. The lowest BCUT2D eigenvalue weighted by molar-refractivity contribution is -0.913. The molecule has 0 radical (unpaired) electrons. The molecule has 2 N–H and O–H groups in total. The van der Waals surface area contributed by atoms with Crippen molar-refractivity contribution in [2.24, 2.45) is 0 Å². The highest BCUT2D eigenvalue weighted by Gasteiger charge is 2.45. The third-order valence-electron chi connectivity index (χ3n) is 2.35. The minimum Gasteiger partial charge on any atom is -0.630 e. The van der Waals surface area contributed by atoms with Crippen molar-refractivity contribution in [3.8, 4) is 0 Å². The molecule has 1 saturated heterocycles. The predicted molar refractivity (Wildman–Crippen MR) is 52.5 cm³/mol. The molecule has 0 aliphatic carbocycles. The molecule has 1 heterocycles. The van der Waals surface area contributed by atoms with Gasteiger partial charge in [0.05, 0.1) is 6.54 Å². The third-order valence-corrected chi connectivity index (χ3v) is 2.35. The maximum Gasteiger partial charge on any atom is 0.232 e. The number of aliphatic hydroxyl groups excluding tert-OH is 2. The normalized spacial score (nSPS) is 38.5. The molecule has 1 rings (SSSR count). The molecule has 0 spiro atoms. The van der Waals surface area contributed by atoms with Gasteiger partial charge in [-0.1, -0.05) is 12.7 Å². The Bertz CT molecular complexity index is 234. The van der Waals surface area contributed by atoms with Crippen molar-refractivity contribution in [2.75, 3.05) is 19.8 Å². The van der Waals surface area contributed by atoms with Crippen LogP contribution in [-0.2, 0) is 0 Å². The van der Waals surface area contributed by atoms with Gasteiger partial charge in [0.2, 0.25) is 6.23 Å². The Morgan fingerprint density at radius 3 is 2.57 bits per heavy atom. The average molecular weight is 200 g/mol. The second-order valence-corrected chi connectivity index (χ2v) is 3.45. The maximum absolute atomic E-state index is 11.9. The van der Waals surface area contributed by atoms with Crippen molar-refractivity contribution >= 4 is 0 Å². The fourth-order valence-corrected chi connectivity index (χ4v) is 1.62. The largest absolute Gasteiger partial charge is 0.630 e. The summed E-state index contributed by atoms with van der Waals surface area (Å²) in [6.07, 6.45) is 0.582. The minimum atomic E-state index is -1.33. The molecule has 80 valence electrons. The zero-order valence-electron chi connectivity index (χ0n) is 8.04. The van der Waals surface area contributed by atoms with Crippen molar-refractivity contribution in [3.05, 3.63) is 30.5 Å². The Balaban J connectivity index is 2.74. The van der Waals surface area contributed by atoms with Gasteiger partial charge in [-0.3, -0.25) is 0 Å². The minimum absolute atomic E-state index is 0.0559. The van der Waals surface area contributed by atoms with Gasteiger partial charge < -0.3 is 20.1 Å². The van der Waals surface area contributed by atoms with E-state index in [1.165, 1.54) is 11.0 Å². The van der Waals surface area contributed by atoms with Crippen LogP contribution in [-0.4, -0.2) is 52.0 Å². The summed E-state index contributed by atoms with van der Waals surface area (Å²) in [6.45, 7) is 7.50. The Labute approximate surface area is 83.3 Å². The van der Waals surface area contributed by atoms with Gasteiger partial charge in [-0.25, -0.2) is 4.90 Å². The van der Waals surface area contributed by atoms with Crippen molar-refractivity contribution < 1.29 is 14.9 Å². The van der Waals surface area contributed by atoms with Crippen LogP contribution in [0.2, 0.25) is 0 Å². The molecule has 3 unspecified atom stereocenters. The van der Waals surface area contributed by atoms with Crippen molar-refractivity contribution in [3.63, 3.8) is 0 Å². The number of nitrogens with zero attached hydrogens (tertiary/aromatic N) is 2. The molecular formula is C9H16N2O3. The van der Waals surface area contributed by atoms with Crippen LogP contribution in [0, 0.1) is 5.21 Å². The number of hydrogen-bond donors (Lipinski definition) is 2. The van der Waals surface area contributed by atoms with Crippen LogP contribution in [0.15, 0.2) is 25.3 Å². The summed E-state index contributed by atoms with van der Waals surface area (Å²) >= 11 is 0. The van der Waals surface area contributed by atoms with E-state index in [2.05, 4.69) is 13.2 Å². The van der Waals surface area contributed by atoms with E-state index in [-0.39, 0.29) is 13.2 Å². The molecule has 3 atom stereocenters. The van der Waals surface area contributed by atoms with Crippen molar-refractivity contribution in [2.45, 2.75) is 12.5 Å². The molecule has 1 fully saturated rings. The molecule has 0 bridgehead atoms. The lowest BCUT2D eigenvalue weighted by Gasteiger charge is -2.39. The van der Waals surface area contributed by atoms with E-state index in [9.17, 15) is 15.4 Å². The van der Waals surface area contributed by atoms with Crippen LogP contribution >= 0.6 is 0 Å². The molecule has 0 saturated carbocycles. The summed E-state index contributed by atoms with van der Waals surface area (Å²) in [6, 6.07) is 0. The zero-order valence-corrected chi connectivity index (χ0v) is 8.04. The average Bonchev–Trinajstić information content (AvgIpc) is 2.33. The van der Waals surface area contributed by atoms with Gasteiger partial charge in [0.25, 0.3) is 0 Å². The lowest BCUT2D eigenvalue weighted by Crippen LogP contribution is -2.49. The number of hydrogen-bond acceptors (Lipinski definition) is 4. The van der Waals surface area contributed by atoms with E-state index in [1.807, 2.05) is 0 Å². The molecule has 0 aromatic carbocycles. The second-order valence-electron chi connectivity index (χ2n) is 3.45. The van der Waals surface area contributed by atoms with E-state index in [1.54, 1.807) is 6.08 Å². The predicted octanol–water partition coefficient (Wildman–Crippen LogP) is -0.417. The smallest absolute Gasteiger partial charge is 0.232 e. The van der Waals surface area contributed by atoms with Crippen LogP contribution in [0.1, 0.15) is 0 Å². The van der Waals surface area contributed by atoms with Gasteiger partial charge in [-0.15, -0.1) is 6.58 Å². The maximum atomic E-state index is 11.9. The van der Waals surface area contributed by atoms with E-state index < -0.39 is 17.1 Å². The first-order valence-electron chi connectivity index (χ1n) is 4.45. The van der Waals surface area contributed by atoms with Gasteiger partial charge >= 0.3 is 0 Å². The first-order valence-corrected chi connectivity index (χ1v) is 4.45. The summed E-state index contributed by atoms with van der Waals surface area (Å²) in [5.74, 6) is 0. The fourth-order valence-electron chi connectivity index (χ4n) is 1.62. The number of rotatable bonds is 4. The summed E-state index contributed by atoms with van der Waals surface area (Å²) in [7, 11) is 0. The Kier molecular flexibility index (Phi) is 3.41. The highest BCUT2D eigenvalue weighted by Crippen LogP contribution is 2.24. The molecule has 5 heteroatoms. The Morgan fingerprint density at radius 2 is 2.07 bits per heavy atom. The summed E-state index contributed by atoms with van der Waals surface area (Å²) < 4.78 is -0.863. The Hall–Kier alpha value is -0.720. The van der Waals surface area contributed by atoms with Gasteiger partial charge in [0, 0.05) is 6.54 Å². The molecule has 0 aromatic rings. The van der Waals surface area contributed by atoms with Crippen molar-refractivity contribution in [1.29, 1.82) is 0 Å². The van der Waals surface area contributed by atoms with Crippen LogP contribution in [0.3, 0.4) is 0 Å². The standard InChI is InChI=1S/C9H16N2O3/c1-3-5-10-7-11(14,6-4-2)9(13)8(10)12/h3-4,8-9,12-13H,1-2,5-7H2. The molecule has 1 aliphatic heterocycles. The monoisotopic (exact) mass is 200 g/mol. The molecule has 0 aromatic heterocycles. The SMILES string of the molecule is C=CCN1C[N+]([O-])(CC=C)C(O)C1O. The molecule has 1 aliphatic rings. The summed E-state index contributed by atoms with van der Waals surface area (Å²) in [5.41, 5.74) is 0. The molecular weight excluding hydrogens is 184 g/mol. The number of hydroxylamine groups is 3. The van der Waals surface area contributed by atoms with E-state index >= 15 is 0 Å². The lowest BCUT2D eigenvalue weighted by atomic mass is 10.4. The third kappa shape index (κ3) is 1.87. The van der Waals surface area contributed by atoms with Crippen LogP contribution in [0.25, 0.3) is 0 Å². The number of aliphatic hydroxyl groups is 2. The molecule has 0 amide bonds. The highest BCUT2D eigenvalue weighted by molar-refractivity contribution is 4.80. The van der Waals surface area contributed by atoms with Crippen LogP contribution in [0.5, 0.6) is 0 Å². The van der Waals surface area contributed by atoms with E-state index in [0.29, 0.717) is 6.54 Å². The van der Waals surface area contributed by atoms with Gasteiger partial charge in [-0.2, -0.15) is 0 Å². The van der Waals surface area contributed by atoms with E-state index in [4.69, 9.17) is 0 Å². The zero-order chi connectivity index (χ0) is 10.8. The molecule has 5 nitrogen and oxygen atoms in total. The van der Waals surface area contributed by atoms with E-state index in [0.717, 1.165) is 0 Å². The number of quaternary nitrogens is 1. The highest BCUT2D eigenvalue weighted by atomic mass is 16.6. The van der Waals surface area contributed by atoms with Gasteiger partial charge in [-0.05, 0) is 6.08 Å². The van der Waals surface area contributed by atoms with Crippen molar-refractivity contribution in [1.82, 2.24) is 4.90 Å². The first-order chi connectivity index (χ1) is 6.55. The van der Waals surface area contributed by atoms with Gasteiger partial charge in [0.15, 0.2) is 6.23 Å². The first kappa shape index (κ1) is 11.4. The topological polar surface area (TPSA) is 66.8 Å². The van der Waals surface area contributed by atoms with Crippen LogP contribution in [0.4, 0.5) is 0 Å². The van der Waals surface area contributed by atoms with Crippen LogP contribution < -0.4 is 0 Å². The summed E-state index contributed by atoms with van der Waals surface area (Å²) in [4.78, 5) is 1.48. The van der Waals surface area contributed by atoms with Gasteiger partial charge in [0.1, 0.15) is 6.67 Å². The second kappa shape index (κ2) is 4.20. The Morgan fingerprint density at radius 1 is 1.43 bits per heavy atom. The quantitative estimate of drug-likeness (QED) is 0.367. The molecule has 14 heavy (non-hydrogen) atoms. The fraction of sp³-hybridized carbons (Fsp3) is 0.556.